The Labute approximate surface area is 117 Å². The molecule has 0 atom stereocenters. The normalized spacial score (nSPS) is 10.6. The molecule has 20 heavy (non-hydrogen) atoms. The minimum atomic E-state index is 0.762. The van der Waals surface area contributed by atoms with Gasteiger partial charge in [0.1, 0.15) is 5.82 Å². The number of anilines is 2. The molecule has 3 N–H and O–H groups in total. The van der Waals surface area contributed by atoms with Crippen LogP contribution in [-0.4, -0.2) is 16.5 Å². The van der Waals surface area contributed by atoms with Crippen LogP contribution in [0.2, 0.25) is 0 Å². The van der Waals surface area contributed by atoms with Gasteiger partial charge in [-0.2, -0.15) is 0 Å². The summed E-state index contributed by atoms with van der Waals surface area (Å²) in [6, 6.07) is 13.8. The third-order valence-electron chi connectivity index (χ3n) is 3.18. The highest BCUT2D eigenvalue weighted by Gasteiger charge is 1.99. The highest BCUT2D eigenvalue weighted by atomic mass is 15.0. The molecule has 0 saturated carbocycles. The van der Waals surface area contributed by atoms with E-state index < -0.39 is 0 Å². The number of rotatable bonds is 4. The maximum atomic E-state index is 5.76. The molecule has 0 spiro atoms. The molecule has 0 unspecified atom stereocenters. The molecule has 0 saturated heterocycles. The van der Waals surface area contributed by atoms with E-state index in [4.69, 9.17) is 5.73 Å². The molecule has 3 aromatic rings. The Bertz CT molecular complexity index is 710. The number of nitrogen functional groups attached to an aromatic ring is 1. The van der Waals surface area contributed by atoms with E-state index in [1.807, 2.05) is 54.9 Å². The monoisotopic (exact) mass is 264 g/mol. The molecule has 0 amide bonds. The number of aromatic nitrogens is 2. The molecule has 4 heteroatoms. The average molecular weight is 264 g/mol. The number of nitrogens with zero attached hydrogens (tertiary/aromatic N) is 2. The van der Waals surface area contributed by atoms with Crippen molar-refractivity contribution in [3.8, 4) is 0 Å². The van der Waals surface area contributed by atoms with Crippen molar-refractivity contribution in [1.82, 2.24) is 9.97 Å². The first-order valence-corrected chi connectivity index (χ1v) is 6.60. The van der Waals surface area contributed by atoms with Crippen molar-refractivity contribution in [2.75, 3.05) is 17.6 Å². The third kappa shape index (κ3) is 2.85. The maximum Gasteiger partial charge on any atom is 0.126 e. The number of pyridine rings is 2. The van der Waals surface area contributed by atoms with Crippen LogP contribution in [0.5, 0.6) is 0 Å². The van der Waals surface area contributed by atoms with E-state index in [0.29, 0.717) is 0 Å². The van der Waals surface area contributed by atoms with Gasteiger partial charge in [0.15, 0.2) is 0 Å². The number of fused-ring (bicyclic) bond motifs is 1. The molecular weight excluding hydrogens is 248 g/mol. The number of benzene rings is 1. The Hall–Kier alpha value is -2.62. The summed E-state index contributed by atoms with van der Waals surface area (Å²) in [5.41, 5.74) is 8.74. The highest BCUT2D eigenvalue weighted by molar-refractivity contribution is 5.83. The average Bonchev–Trinajstić information content (AvgIpc) is 2.48. The Morgan fingerprint density at radius 2 is 1.85 bits per heavy atom. The fraction of sp³-hybridized carbons (Fsp3) is 0.125. The van der Waals surface area contributed by atoms with Gasteiger partial charge < -0.3 is 11.1 Å². The zero-order valence-corrected chi connectivity index (χ0v) is 11.1. The SMILES string of the molecule is Nc1ccc2nc(NCCc3ccncc3)ccc2c1. The van der Waals surface area contributed by atoms with E-state index in [2.05, 4.69) is 15.3 Å². The summed E-state index contributed by atoms with van der Waals surface area (Å²) in [5, 5.41) is 4.40. The molecule has 0 fully saturated rings. The molecule has 0 aliphatic carbocycles. The molecule has 4 nitrogen and oxygen atoms in total. The van der Waals surface area contributed by atoms with Crippen LogP contribution in [-0.2, 0) is 6.42 Å². The van der Waals surface area contributed by atoms with Crippen molar-refractivity contribution in [2.45, 2.75) is 6.42 Å². The second-order valence-electron chi connectivity index (χ2n) is 4.68. The van der Waals surface area contributed by atoms with E-state index >= 15 is 0 Å². The second kappa shape index (κ2) is 5.57. The molecule has 0 aliphatic heterocycles. The Morgan fingerprint density at radius 3 is 2.70 bits per heavy atom. The molecule has 0 bridgehead atoms. The van der Waals surface area contributed by atoms with Gasteiger partial charge in [0, 0.05) is 30.0 Å². The summed E-state index contributed by atoms with van der Waals surface area (Å²) in [6.45, 7) is 0.845. The van der Waals surface area contributed by atoms with Crippen LogP contribution in [0.25, 0.3) is 10.9 Å². The van der Waals surface area contributed by atoms with Crippen LogP contribution < -0.4 is 11.1 Å². The number of hydrogen-bond acceptors (Lipinski definition) is 4. The minimum absolute atomic E-state index is 0.762. The van der Waals surface area contributed by atoms with Crippen LogP contribution in [0, 0.1) is 0 Å². The maximum absolute atomic E-state index is 5.76. The van der Waals surface area contributed by atoms with Crippen LogP contribution in [0.1, 0.15) is 5.56 Å². The summed E-state index contributed by atoms with van der Waals surface area (Å²) in [4.78, 5) is 8.58. The first kappa shape index (κ1) is 12.4. The zero-order valence-electron chi connectivity index (χ0n) is 11.1. The van der Waals surface area contributed by atoms with Gasteiger partial charge in [0.05, 0.1) is 5.52 Å². The lowest BCUT2D eigenvalue weighted by Crippen LogP contribution is -2.06. The van der Waals surface area contributed by atoms with E-state index in [1.54, 1.807) is 0 Å². The smallest absolute Gasteiger partial charge is 0.126 e. The fourth-order valence-corrected chi connectivity index (χ4v) is 2.13. The molecule has 1 aromatic carbocycles. The minimum Gasteiger partial charge on any atom is -0.399 e. The van der Waals surface area contributed by atoms with Gasteiger partial charge in [-0.05, 0) is 54.4 Å². The third-order valence-corrected chi connectivity index (χ3v) is 3.18. The van der Waals surface area contributed by atoms with Gasteiger partial charge in [0.2, 0.25) is 0 Å². The Morgan fingerprint density at radius 1 is 1.00 bits per heavy atom. The van der Waals surface area contributed by atoms with Gasteiger partial charge >= 0.3 is 0 Å². The Kier molecular flexibility index (Phi) is 3.46. The van der Waals surface area contributed by atoms with Gasteiger partial charge in [-0.1, -0.05) is 0 Å². The summed E-state index contributed by atoms with van der Waals surface area (Å²) in [6.07, 6.45) is 4.58. The molecular formula is C16H16N4. The lowest BCUT2D eigenvalue weighted by molar-refractivity contribution is 1.00. The predicted octanol–water partition coefficient (Wildman–Crippen LogP) is 2.87. The molecule has 3 rings (SSSR count). The number of nitrogens with two attached hydrogens (primary N) is 1. The van der Waals surface area contributed by atoms with Crippen molar-refractivity contribution < 1.29 is 0 Å². The van der Waals surface area contributed by atoms with Crippen molar-refractivity contribution in [3.63, 3.8) is 0 Å². The largest absolute Gasteiger partial charge is 0.399 e. The summed E-state index contributed by atoms with van der Waals surface area (Å²) < 4.78 is 0. The van der Waals surface area contributed by atoms with Crippen molar-refractivity contribution in [1.29, 1.82) is 0 Å². The number of hydrogen-bond donors (Lipinski definition) is 2. The quantitative estimate of drug-likeness (QED) is 0.711. The number of nitrogens with one attached hydrogen (secondary N) is 1. The van der Waals surface area contributed by atoms with Crippen LogP contribution in [0.4, 0.5) is 11.5 Å². The molecule has 2 aromatic heterocycles. The summed E-state index contributed by atoms with van der Waals surface area (Å²) >= 11 is 0. The summed E-state index contributed by atoms with van der Waals surface area (Å²) in [5.74, 6) is 0.885. The van der Waals surface area contributed by atoms with E-state index in [1.165, 1.54) is 5.56 Å². The van der Waals surface area contributed by atoms with Crippen LogP contribution >= 0.6 is 0 Å². The van der Waals surface area contributed by atoms with Crippen molar-refractivity contribution >= 4 is 22.4 Å². The standard InChI is InChI=1S/C16H16N4/c17-14-2-3-15-13(11-14)1-4-16(20-15)19-10-7-12-5-8-18-9-6-12/h1-6,8-9,11H,7,10,17H2,(H,19,20). The van der Waals surface area contributed by atoms with E-state index in [-0.39, 0.29) is 0 Å². The van der Waals surface area contributed by atoms with E-state index in [0.717, 1.165) is 35.4 Å². The van der Waals surface area contributed by atoms with Crippen LogP contribution in [0.3, 0.4) is 0 Å². The van der Waals surface area contributed by atoms with Gasteiger partial charge in [0.25, 0.3) is 0 Å². The van der Waals surface area contributed by atoms with E-state index in [9.17, 15) is 0 Å². The van der Waals surface area contributed by atoms with Gasteiger partial charge in [-0.25, -0.2) is 4.98 Å². The first-order chi connectivity index (χ1) is 9.81. The van der Waals surface area contributed by atoms with Crippen molar-refractivity contribution in [3.05, 3.63) is 60.4 Å². The zero-order chi connectivity index (χ0) is 13.8. The summed E-state index contributed by atoms with van der Waals surface area (Å²) in [7, 11) is 0. The topological polar surface area (TPSA) is 63.8 Å². The van der Waals surface area contributed by atoms with Gasteiger partial charge in [-0.15, -0.1) is 0 Å². The lowest BCUT2D eigenvalue weighted by Gasteiger charge is -2.07. The molecule has 2 heterocycles. The lowest BCUT2D eigenvalue weighted by atomic mass is 10.2. The Balaban J connectivity index is 1.67. The molecule has 100 valence electrons. The molecule has 0 radical (unpaired) electrons. The second-order valence-corrected chi connectivity index (χ2v) is 4.68. The highest BCUT2D eigenvalue weighted by Crippen LogP contribution is 2.17. The first-order valence-electron chi connectivity index (χ1n) is 6.60. The predicted molar refractivity (Wildman–Crippen MR) is 82.6 cm³/mol. The molecule has 0 aliphatic rings. The van der Waals surface area contributed by atoms with Gasteiger partial charge in [-0.3, -0.25) is 4.98 Å². The fourth-order valence-electron chi connectivity index (χ4n) is 2.13. The van der Waals surface area contributed by atoms with Crippen molar-refractivity contribution in [2.24, 2.45) is 0 Å². The van der Waals surface area contributed by atoms with Crippen LogP contribution in [0.15, 0.2) is 54.9 Å².